The van der Waals surface area contributed by atoms with E-state index in [1.807, 2.05) is 6.07 Å². The Bertz CT molecular complexity index is 1120. The van der Waals surface area contributed by atoms with Crippen LogP contribution in [0.4, 0.5) is 5.69 Å². The predicted octanol–water partition coefficient (Wildman–Crippen LogP) is 3.75. The number of hydrogen-bond donors (Lipinski definition) is 0. The molecule has 3 aromatic rings. The van der Waals surface area contributed by atoms with Crippen molar-refractivity contribution >= 4 is 44.9 Å². The summed E-state index contributed by atoms with van der Waals surface area (Å²) in [4.78, 5) is 11.0. The molecular formula is C20H14Cl2NO4S-. The fourth-order valence-electron chi connectivity index (χ4n) is 2.65. The van der Waals surface area contributed by atoms with Crippen molar-refractivity contribution in [3.8, 4) is 0 Å². The Labute approximate surface area is 172 Å². The molecule has 0 N–H and O–H groups in total. The molecule has 0 saturated heterocycles. The van der Waals surface area contributed by atoms with Crippen LogP contribution in [0.25, 0.3) is 0 Å². The van der Waals surface area contributed by atoms with E-state index in [2.05, 4.69) is 0 Å². The molecule has 144 valence electrons. The van der Waals surface area contributed by atoms with E-state index >= 15 is 0 Å². The molecule has 0 amide bonds. The Hall–Kier alpha value is -2.54. The van der Waals surface area contributed by atoms with Crippen molar-refractivity contribution in [2.45, 2.75) is 11.4 Å². The van der Waals surface area contributed by atoms with Crippen LogP contribution in [0, 0.1) is 0 Å². The molecule has 0 aliphatic carbocycles. The van der Waals surface area contributed by atoms with Gasteiger partial charge in [-0.3, -0.25) is 4.31 Å². The van der Waals surface area contributed by atoms with Crippen LogP contribution in [0.3, 0.4) is 0 Å². The van der Waals surface area contributed by atoms with Crippen molar-refractivity contribution in [2.24, 2.45) is 0 Å². The molecule has 5 nitrogen and oxygen atoms in total. The Morgan fingerprint density at radius 3 is 2.18 bits per heavy atom. The van der Waals surface area contributed by atoms with Gasteiger partial charge in [0.15, 0.2) is 0 Å². The second-order valence-electron chi connectivity index (χ2n) is 5.88. The zero-order valence-electron chi connectivity index (χ0n) is 14.4. The first kappa shape index (κ1) is 20.2. The third-order valence-electron chi connectivity index (χ3n) is 4.04. The zero-order valence-corrected chi connectivity index (χ0v) is 16.7. The quantitative estimate of drug-likeness (QED) is 0.591. The minimum atomic E-state index is -4.15. The van der Waals surface area contributed by atoms with Gasteiger partial charge in [0.2, 0.25) is 0 Å². The Balaban J connectivity index is 2.15. The third kappa shape index (κ3) is 4.14. The minimum absolute atomic E-state index is 0.0101. The number of carboxylic acids is 1. The highest BCUT2D eigenvalue weighted by Gasteiger charge is 2.27. The normalized spacial score (nSPS) is 11.2. The van der Waals surface area contributed by atoms with Crippen molar-refractivity contribution in [3.05, 3.63) is 94.0 Å². The van der Waals surface area contributed by atoms with Crippen LogP contribution < -0.4 is 9.41 Å². The highest BCUT2D eigenvalue weighted by Crippen LogP contribution is 2.32. The summed E-state index contributed by atoms with van der Waals surface area (Å²) >= 11 is 12.1. The Morgan fingerprint density at radius 2 is 1.54 bits per heavy atom. The average molecular weight is 435 g/mol. The molecule has 0 aromatic heterocycles. The van der Waals surface area contributed by atoms with E-state index in [0.29, 0.717) is 0 Å². The monoisotopic (exact) mass is 434 g/mol. The maximum absolute atomic E-state index is 13.4. The lowest BCUT2D eigenvalue weighted by Gasteiger charge is -2.26. The first-order valence-electron chi connectivity index (χ1n) is 8.13. The van der Waals surface area contributed by atoms with E-state index in [0.717, 1.165) is 15.9 Å². The maximum atomic E-state index is 13.4. The first-order chi connectivity index (χ1) is 13.3. The van der Waals surface area contributed by atoms with Crippen LogP contribution in [0.1, 0.15) is 15.9 Å². The largest absolute Gasteiger partial charge is 0.545 e. The van der Waals surface area contributed by atoms with Gasteiger partial charge in [0, 0.05) is 10.6 Å². The molecule has 0 spiro atoms. The van der Waals surface area contributed by atoms with E-state index in [-0.39, 0.29) is 27.2 Å². The predicted molar refractivity (Wildman–Crippen MR) is 107 cm³/mol. The van der Waals surface area contributed by atoms with Crippen LogP contribution in [0.5, 0.6) is 0 Å². The summed E-state index contributed by atoms with van der Waals surface area (Å²) in [6.45, 7) is 0.0101. The number of halogens is 2. The van der Waals surface area contributed by atoms with Gasteiger partial charge >= 0.3 is 0 Å². The number of carbonyl (C=O) groups is 1. The minimum Gasteiger partial charge on any atom is -0.545 e. The van der Waals surface area contributed by atoms with Crippen LogP contribution in [-0.2, 0) is 16.6 Å². The summed E-state index contributed by atoms with van der Waals surface area (Å²) < 4.78 is 27.9. The van der Waals surface area contributed by atoms with Crippen LogP contribution >= 0.6 is 23.2 Å². The van der Waals surface area contributed by atoms with Crippen LogP contribution in [0.15, 0.2) is 77.7 Å². The lowest BCUT2D eigenvalue weighted by molar-refractivity contribution is -0.255. The van der Waals surface area contributed by atoms with E-state index in [1.54, 1.807) is 48.5 Å². The zero-order chi connectivity index (χ0) is 20.3. The molecule has 3 rings (SSSR count). The summed E-state index contributed by atoms with van der Waals surface area (Å²) in [5.74, 6) is -1.56. The van der Waals surface area contributed by atoms with Crippen molar-refractivity contribution < 1.29 is 18.3 Å². The molecule has 0 bridgehead atoms. The number of anilines is 1. The highest BCUT2D eigenvalue weighted by atomic mass is 35.5. The van der Waals surface area contributed by atoms with E-state index in [4.69, 9.17) is 23.2 Å². The number of hydrogen-bond acceptors (Lipinski definition) is 4. The van der Waals surface area contributed by atoms with Gasteiger partial charge in [0.05, 0.1) is 28.1 Å². The van der Waals surface area contributed by atoms with Gasteiger partial charge in [-0.15, -0.1) is 0 Å². The molecule has 3 aromatic carbocycles. The van der Waals surface area contributed by atoms with Gasteiger partial charge in [-0.05, 0) is 35.9 Å². The lowest BCUT2D eigenvalue weighted by atomic mass is 10.2. The summed E-state index contributed by atoms with van der Waals surface area (Å²) in [6.07, 6.45) is 0. The number of benzene rings is 3. The summed E-state index contributed by atoms with van der Waals surface area (Å²) in [7, 11) is -4.15. The number of para-hydroxylation sites is 1. The molecule has 0 atom stereocenters. The van der Waals surface area contributed by atoms with Crippen molar-refractivity contribution in [2.75, 3.05) is 4.31 Å². The standard InChI is InChI=1S/C20H15Cl2NO4S/c21-17-11-10-15(12-16(17)20(24)25)28(26,27)23(13-14-6-2-1-3-7-14)19-9-5-4-8-18(19)22/h1-12H,13H2,(H,24,25)/p-1. The second kappa shape index (κ2) is 8.22. The summed E-state index contributed by atoms with van der Waals surface area (Å²) in [6, 6.07) is 19.0. The van der Waals surface area contributed by atoms with E-state index in [1.165, 1.54) is 12.1 Å². The number of rotatable bonds is 6. The molecule has 0 aliphatic rings. The number of aromatic carboxylic acids is 1. The molecule has 0 heterocycles. The number of nitrogens with zero attached hydrogens (tertiary/aromatic N) is 1. The third-order valence-corrected chi connectivity index (χ3v) is 6.44. The smallest absolute Gasteiger partial charge is 0.264 e. The number of sulfonamides is 1. The molecule has 0 saturated carbocycles. The van der Waals surface area contributed by atoms with Gasteiger partial charge in [0.25, 0.3) is 10.0 Å². The summed E-state index contributed by atoms with van der Waals surface area (Å²) in [5, 5.41) is 11.4. The fourth-order valence-corrected chi connectivity index (χ4v) is 4.63. The van der Waals surface area contributed by atoms with E-state index in [9.17, 15) is 18.3 Å². The van der Waals surface area contributed by atoms with Crippen molar-refractivity contribution in [1.82, 2.24) is 0 Å². The Kier molecular flexibility index (Phi) is 5.93. The van der Waals surface area contributed by atoms with Crippen molar-refractivity contribution in [3.63, 3.8) is 0 Å². The first-order valence-corrected chi connectivity index (χ1v) is 10.3. The lowest BCUT2D eigenvalue weighted by Crippen LogP contribution is -2.31. The fraction of sp³-hybridized carbons (Fsp3) is 0.0500. The number of carbonyl (C=O) groups excluding carboxylic acids is 1. The van der Waals surface area contributed by atoms with Crippen molar-refractivity contribution in [1.29, 1.82) is 0 Å². The van der Waals surface area contributed by atoms with Crippen LogP contribution in [-0.4, -0.2) is 14.4 Å². The molecule has 0 fully saturated rings. The number of carboxylic acid groups (broad SMARTS) is 1. The average Bonchev–Trinajstić information content (AvgIpc) is 2.67. The van der Waals surface area contributed by atoms with Gasteiger partial charge in [-0.2, -0.15) is 0 Å². The SMILES string of the molecule is O=C([O-])c1cc(S(=O)(=O)N(Cc2ccccc2)c2ccccc2Cl)ccc1Cl. The molecule has 0 unspecified atom stereocenters. The molecule has 0 aliphatic heterocycles. The summed E-state index contributed by atoms with van der Waals surface area (Å²) in [5.41, 5.74) is 0.611. The second-order valence-corrected chi connectivity index (χ2v) is 8.55. The Morgan fingerprint density at radius 1 is 0.893 bits per heavy atom. The topological polar surface area (TPSA) is 77.5 Å². The van der Waals surface area contributed by atoms with E-state index < -0.39 is 21.6 Å². The van der Waals surface area contributed by atoms with Gasteiger partial charge in [0.1, 0.15) is 0 Å². The molecule has 28 heavy (non-hydrogen) atoms. The van der Waals surface area contributed by atoms with Gasteiger partial charge in [-0.25, -0.2) is 8.42 Å². The molecule has 8 heteroatoms. The molecular weight excluding hydrogens is 421 g/mol. The molecule has 0 radical (unpaired) electrons. The van der Waals surface area contributed by atoms with Crippen LogP contribution in [0.2, 0.25) is 10.0 Å². The highest BCUT2D eigenvalue weighted by molar-refractivity contribution is 7.92. The van der Waals surface area contributed by atoms with Gasteiger partial charge < -0.3 is 9.90 Å². The van der Waals surface area contributed by atoms with Gasteiger partial charge in [-0.1, -0.05) is 65.7 Å². The maximum Gasteiger partial charge on any atom is 0.264 e.